The van der Waals surface area contributed by atoms with Crippen molar-refractivity contribution in [1.29, 1.82) is 0 Å². The van der Waals surface area contributed by atoms with Gasteiger partial charge in [0.15, 0.2) is 0 Å². The molecule has 0 unspecified atom stereocenters. The van der Waals surface area contributed by atoms with Crippen LogP contribution in [0.5, 0.6) is 0 Å². The van der Waals surface area contributed by atoms with Crippen LogP contribution in [0, 0.1) is 5.92 Å². The molecule has 70 valence electrons. The minimum absolute atomic E-state index is 0.280. The molecule has 0 spiro atoms. The molecule has 0 N–H and O–H groups in total. The molecule has 0 aliphatic carbocycles. The second-order valence-corrected chi connectivity index (χ2v) is 2.98. The molecule has 0 rings (SSSR count). The van der Waals surface area contributed by atoms with E-state index in [1.54, 1.807) is 6.08 Å². The molecule has 0 fully saturated rings. The van der Waals surface area contributed by atoms with Gasteiger partial charge in [-0.25, -0.2) is 0 Å². The second kappa shape index (κ2) is 4.33. The van der Waals surface area contributed by atoms with Gasteiger partial charge in [0.25, 0.3) is 0 Å². The molecule has 3 heteroatoms. The molecule has 0 saturated carbocycles. The summed E-state index contributed by atoms with van der Waals surface area (Å²) in [6, 6.07) is 0. The van der Waals surface area contributed by atoms with Crippen LogP contribution in [0.4, 0.5) is 13.2 Å². The molecule has 0 aromatic carbocycles. The highest BCUT2D eigenvalue weighted by molar-refractivity contribution is 5.14. The van der Waals surface area contributed by atoms with Crippen molar-refractivity contribution in [3.05, 3.63) is 23.8 Å². The van der Waals surface area contributed by atoms with Gasteiger partial charge in [0, 0.05) is 5.57 Å². The fourth-order valence-electron chi connectivity index (χ4n) is 0.517. The summed E-state index contributed by atoms with van der Waals surface area (Å²) in [6.45, 7) is 4.88. The highest BCUT2D eigenvalue weighted by Gasteiger charge is 2.29. The van der Waals surface area contributed by atoms with Gasteiger partial charge in [0.2, 0.25) is 0 Å². The summed E-state index contributed by atoms with van der Waals surface area (Å²) < 4.78 is 35.6. The summed E-state index contributed by atoms with van der Waals surface area (Å²) in [7, 11) is 0. The van der Waals surface area contributed by atoms with Crippen LogP contribution in [-0.2, 0) is 0 Å². The van der Waals surface area contributed by atoms with Gasteiger partial charge in [-0.05, 0) is 12.8 Å². The summed E-state index contributed by atoms with van der Waals surface area (Å²) in [4.78, 5) is 0. The molecule has 0 aliphatic rings. The van der Waals surface area contributed by atoms with Gasteiger partial charge < -0.3 is 0 Å². The standard InChI is InChI=1S/C9H13F3/c1-7(2)5-4-6-8(3)9(10,11)12/h4-7H,1-3H3/b5-4-,8-6+. The van der Waals surface area contributed by atoms with Gasteiger partial charge in [-0.2, -0.15) is 13.2 Å². The van der Waals surface area contributed by atoms with Crippen molar-refractivity contribution in [3.63, 3.8) is 0 Å². The maximum atomic E-state index is 11.9. The second-order valence-electron chi connectivity index (χ2n) is 2.98. The average Bonchev–Trinajstić information content (AvgIpc) is 1.84. The van der Waals surface area contributed by atoms with Crippen molar-refractivity contribution in [2.24, 2.45) is 5.92 Å². The summed E-state index contributed by atoms with van der Waals surface area (Å²) in [5.74, 6) is 0.280. The van der Waals surface area contributed by atoms with E-state index in [4.69, 9.17) is 0 Å². The first-order chi connectivity index (χ1) is 5.34. The molecule has 0 nitrogen and oxygen atoms in total. The third-order valence-electron chi connectivity index (χ3n) is 1.29. The first kappa shape index (κ1) is 11.3. The molecule has 0 atom stereocenters. The molecule has 0 heterocycles. The SMILES string of the molecule is C/C(=C\C=C/C(C)C)C(F)(F)F. The quantitative estimate of drug-likeness (QED) is 0.565. The van der Waals surface area contributed by atoms with Crippen molar-refractivity contribution in [2.75, 3.05) is 0 Å². The number of alkyl halides is 3. The Morgan fingerprint density at radius 2 is 1.75 bits per heavy atom. The summed E-state index contributed by atoms with van der Waals surface area (Å²) in [6.07, 6.45) is 0.0457. The van der Waals surface area contributed by atoms with Gasteiger partial charge in [-0.1, -0.05) is 32.1 Å². The van der Waals surface area contributed by atoms with Crippen molar-refractivity contribution in [1.82, 2.24) is 0 Å². The van der Waals surface area contributed by atoms with E-state index in [1.165, 1.54) is 6.08 Å². The molecule has 0 amide bonds. The fourth-order valence-corrected chi connectivity index (χ4v) is 0.517. The monoisotopic (exact) mass is 178 g/mol. The predicted octanol–water partition coefficient (Wildman–Crippen LogP) is 3.71. The molecule has 0 aliphatic heterocycles. The van der Waals surface area contributed by atoms with E-state index in [2.05, 4.69) is 0 Å². The summed E-state index contributed by atoms with van der Waals surface area (Å²) >= 11 is 0. The first-order valence-electron chi connectivity index (χ1n) is 3.76. The maximum Gasteiger partial charge on any atom is 0.412 e. The Morgan fingerprint density at radius 1 is 1.25 bits per heavy atom. The fraction of sp³-hybridized carbons (Fsp3) is 0.556. The van der Waals surface area contributed by atoms with Crippen molar-refractivity contribution >= 4 is 0 Å². The average molecular weight is 178 g/mol. The highest BCUT2D eigenvalue weighted by Crippen LogP contribution is 2.24. The topological polar surface area (TPSA) is 0 Å². The van der Waals surface area contributed by atoms with Crippen LogP contribution in [-0.4, -0.2) is 6.18 Å². The Bertz CT molecular complexity index is 184. The number of allylic oxidation sites excluding steroid dienone is 4. The lowest BCUT2D eigenvalue weighted by Crippen LogP contribution is -2.08. The van der Waals surface area contributed by atoms with E-state index in [0.29, 0.717) is 0 Å². The molecule has 0 aromatic rings. The van der Waals surface area contributed by atoms with Crippen molar-refractivity contribution < 1.29 is 13.2 Å². The van der Waals surface area contributed by atoms with Crippen LogP contribution >= 0.6 is 0 Å². The van der Waals surface area contributed by atoms with Crippen molar-refractivity contribution in [3.8, 4) is 0 Å². The van der Waals surface area contributed by atoms with E-state index >= 15 is 0 Å². The minimum Gasteiger partial charge on any atom is -0.166 e. The molecule has 0 radical (unpaired) electrons. The lowest BCUT2D eigenvalue weighted by Gasteiger charge is -2.04. The van der Waals surface area contributed by atoms with Crippen molar-refractivity contribution in [2.45, 2.75) is 26.9 Å². The van der Waals surface area contributed by atoms with Crippen LogP contribution in [0.25, 0.3) is 0 Å². The van der Waals surface area contributed by atoms with E-state index in [0.717, 1.165) is 13.0 Å². The third kappa shape index (κ3) is 4.99. The lowest BCUT2D eigenvalue weighted by atomic mass is 10.2. The Balaban J connectivity index is 4.20. The van der Waals surface area contributed by atoms with Crippen LogP contribution in [0.2, 0.25) is 0 Å². The van der Waals surface area contributed by atoms with Gasteiger partial charge in [0.05, 0.1) is 0 Å². The Kier molecular flexibility index (Phi) is 4.07. The molecular formula is C9H13F3. The molecular weight excluding hydrogens is 165 g/mol. The third-order valence-corrected chi connectivity index (χ3v) is 1.29. The maximum absolute atomic E-state index is 11.9. The molecule has 0 bridgehead atoms. The van der Waals surface area contributed by atoms with E-state index in [1.807, 2.05) is 13.8 Å². The van der Waals surface area contributed by atoms with Gasteiger partial charge in [-0.3, -0.25) is 0 Å². The molecule has 0 saturated heterocycles. The van der Waals surface area contributed by atoms with Crippen LogP contribution < -0.4 is 0 Å². The first-order valence-corrected chi connectivity index (χ1v) is 3.76. The number of hydrogen-bond acceptors (Lipinski definition) is 0. The zero-order chi connectivity index (χ0) is 9.78. The predicted molar refractivity (Wildman–Crippen MR) is 43.8 cm³/mol. The largest absolute Gasteiger partial charge is 0.412 e. The molecule has 12 heavy (non-hydrogen) atoms. The zero-order valence-electron chi connectivity index (χ0n) is 7.44. The van der Waals surface area contributed by atoms with E-state index in [-0.39, 0.29) is 5.92 Å². The van der Waals surface area contributed by atoms with E-state index < -0.39 is 11.7 Å². The van der Waals surface area contributed by atoms with Gasteiger partial charge in [0.1, 0.15) is 0 Å². The van der Waals surface area contributed by atoms with Gasteiger partial charge in [-0.15, -0.1) is 0 Å². The normalized spacial score (nSPS) is 14.8. The Labute approximate surface area is 70.8 Å². The van der Waals surface area contributed by atoms with Gasteiger partial charge >= 0.3 is 6.18 Å². The van der Waals surface area contributed by atoms with Crippen LogP contribution in [0.3, 0.4) is 0 Å². The van der Waals surface area contributed by atoms with Crippen LogP contribution in [0.1, 0.15) is 20.8 Å². The minimum atomic E-state index is -4.19. The highest BCUT2D eigenvalue weighted by atomic mass is 19.4. The zero-order valence-corrected chi connectivity index (χ0v) is 7.44. The Morgan fingerprint density at radius 3 is 2.08 bits per heavy atom. The number of halogens is 3. The number of rotatable bonds is 2. The molecule has 0 aromatic heterocycles. The summed E-state index contributed by atoms with van der Waals surface area (Å²) in [5, 5.41) is 0. The summed E-state index contributed by atoms with van der Waals surface area (Å²) in [5.41, 5.74) is -0.570. The lowest BCUT2D eigenvalue weighted by molar-refractivity contribution is -0.0912. The van der Waals surface area contributed by atoms with E-state index in [9.17, 15) is 13.2 Å². The Hall–Kier alpha value is -0.730. The number of hydrogen-bond donors (Lipinski definition) is 0. The van der Waals surface area contributed by atoms with Crippen LogP contribution in [0.15, 0.2) is 23.8 Å². The smallest absolute Gasteiger partial charge is 0.166 e.